The number of nitrogens with zero attached hydrogens (tertiary/aromatic N) is 1. The van der Waals surface area contributed by atoms with Gasteiger partial charge in [0, 0.05) is 16.6 Å². The van der Waals surface area contributed by atoms with Crippen LogP contribution in [-0.2, 0) is 0 Å². The summed E-state index contributed by atoms with van der Waals surface area (Å²) in [6.07, 6.45) is 6.82. The lowest BCUT2D eigenvalue weighted by Gasteiger charge is -2.46. The Balaban J connectivity index is 1.68. The summed E-state index contributed by atoms with van der Waals surface area (Å²) < 4.78 is 7.26. The summed E-state index contributed by atoms with van der Waals surface area (Å²) in [4.78, 5) is 2.57. The third-order valence-electron chi connectivity index (χ3n) is 4.40. The van der Waals surface area contributed by atoms with Gasteiger partial charge in [-0.15, -0.1) is 0 Å². The van der Waals surface area contributed by atoms with Crippen LogP contribution < -0.4 is 4.74 Å². The minimum atomic E-state index is 0.394. The third-order valence-corrected chi connectivity index (χ3v) is 4.89. The highest BCUT2D eigenvalue weighted by Gasteiger charge is 2.36. The fraction of sp³-hybridized carbons (Fsp3) is 0.600. The summed E-state index contributed by atoms with van der Waals surface area (Å²) in [5, 5.41) is 0. The van der Waals surface area contributed by atoms with Crippen LogP contribution in [0.1, 0.15) is 32.1 Å². The van der Waals surface area contributed by atoms with Crippen molar-refractivity contribution < 1.29 is 4.74 Å². The van der Waals surface area contributed by atoms with Gasteiger partial charge in [0.05, 0.1) is 0 Å². The van der Waals surface area contributed by atoms with Crippen molar-refractivity contribution in [2.45, 2.75) is 50.3 Å². The number of fused-ring (bicyclic) bond motifs is 2. The molecule has 1 aromatic rings. The van der Waals surface area contributed by atoms with Crippen molar-refractivity contribution in [2.24, 2.45) is 0 Å². The molecule has 2 saturated heterocycles. The van der Waals surface area contributed by atoms with Crippen molar-refractivity contribution in [3.05, 3.63) is 28.7 Å². The van der Waals surface area contributed by atoms with E-state index in [1.54, 1.807) is 0 Å². The van der Waals surface area contributed by atoms with Crippen molar-refractivity contribution in [3.8, 4) is 5.75 Å². The van der Waals surface area contributed by atoms with E-state index in [9.17, 15) is 0 Å². The molecule has 98 valence electrons. The van der Waals surface area contributed by atoms with Gasteiger partial charge in [-0.3, -0.25) is 0 Å². The van der Waals surface area contributed by atoms with Gasteiger partial charge >= 0.3 is 0 Å². The largest absolute Gasteiger partial charge is 0.490 e. The molecule has 2 nitrogen and oxygen atoms in total. The highest BCUT2D eigenvalue weighted by atomic mass is 79.9. The lowest BCUT2D eigenvalue weighted by Crippen LogP contribution is -2.52. The Morgan fingerprint density at radius 1 is 1.22 bits per heavy atom. The number of ether oxygens (including phenoxy) is 1. The summed E-state index contributed by atoms with van der Waals surface area (Å²) in [5.41, 5.74) is 0. The average Bonchev–Trinajstić information content (AvgIpc) is 2.30. The van der Waals surface area contributed by atoms with Gasteiger partial charge in [0.25, 0.3) is 0 Å². The fourth-order valence-corrected chi connectivity index (χ4v) is 3.77. The number of hydrogen-bond acceptors (Lipinski definition) is 2. The molecular formula is C15H20BrNO. The molecule has 2 aliphatic heterocycles. The third kappa shape index (κ3) is 2.57. The molecule has 2 heterocycles. The maximum absolute atomic E-state index is 6.16. The molecule has 0 radical (unpaired) electrons. The Morgan fingerprint density at radius 3 is 2.61 bits per heavy atom. The molecule has 0 saturated carbocycles. The van der Waals surface area contributed by atoms with E-state index < -0.39 is 0 Å². The van der Waals surface area contributed by atoms with Gasteiger partial charge in [0.15, 0.2) is 0 Å². The molecular weight excluding hydrogens is 290 g/mol. The average molecular weight is 310 g/mol. The van der Waals surface area contributed by atoms with Gasteiger partial charge in [-0.2, -0.15) is 0 Å². The molecule has 0 spiro atoms. The smallest absolute Gasteiger partial charge is 0.120 e. The molecule has 0 unspecified atom stereocenters. The standard InChI is InChI=1S/C15H20BrNO/c1-17-12-5-3-6-13(17)10-15(9-12)18-14-7-2-4-11(16)8-14/h2,4,7-8,12-13,15H,3,5-6,9-10H2,1H3/t12-,13+,15+. The number of halogens is 1. The maximum atomic E-state index is 6.16. The van der Waals surface area contributed by atoms with Crippen LogP contribution in [0.25, 0.3) is 0 Å². The van der Waals surface area contributed by atoms with Crippen molar-refractivity contribution in [1.29, 1.82) is 0 Å². The van der Waals surface area contributed by atoms with E-state index in [0.29, 0.717) is 6.10 Å². The Kier molecular flexibility index (Phi) is 3.62. The van der Waals surface area contributed by atoms with Crippen LogP contribution in [0, 0.1) is 0 Å². The van der Waals surface area contributed by atoms with Gasteiger partial charge in [-0.1, -0.05) is 28.4 Å². The van der Waals surface area contributed by atoms with Crippen LogP contribution in [0.3, 0.4) is 0 Å². The Hall–Kier alpha value is -0.540. The van der Waals surface area contributed by atoms with Gasteiger partial charge in [-0.05, 0) is 50.9 Å². The Bertz CT molecular complexity index is 409. The quantitative estimate of drug-likeness (QED) is 0.823. The molecule has 3 rings (SSSR count). The predicted octanol–water partition coefficient (Wildman–Crippen LogP) is 3.84. The molecule has 2 bridgehead atoms. The van der Waals surface area contributed by atoms with Gasteiger partial charge in [0.1, 0.15) is 11.9 Å². The van der Waals surface area contributed by atoms with Crippen LogP contribution >= 0.6 is 15.9 Å². The van der Waals surface area contributed by atoms with Crippen molar-refractivity contribution >= 4 is 15.9 Å². The fourth-order valence-electron chi connectivity index (χ4n) is 3.39. The van der Waals surface area contributed by atoms with Crippen LogP contribution in [0.2, 0.25) is 0 Å². The number of hydrogen-bond donors (Lipinski definition) is 0. The van der Waals surface area contributed by atoms with Gasteiger partial charge in [-0.25, -0.2) is 0 Å². The topological polar surface area (TPSA) is 12.5 Å². The van der Waals surface area contributed by atoms with E-state index in [2.05, 4.69) is 40.0 Å². The summed E-state index contributed by atoms with van der Waals surface area (Å²) in [5.74, 6) is 0.997. The first-order chi connectivity index (χ1) is 8.72. The SMILES string of the molecule is CN1[C@@H]2CCC[C@H]1C[C@@H](Oc1cccc(Br)c1)C2. The lowest BCUT2D eigenvalue weighted by molar-refractivity contribution is 0.000123. The van der Waals surface area contributed by atoms with E-state index >= 15 is 0 Å². The predicted molar refractivity (Wildman–Crippen MR) is 77.0 cm³/mol. The molecule has 0 N–H and O–H groups in total. The summed E-state index contributed by atoms with van der Waals surface area (Å²) in [6, 6.07) is 9.66. The Labute approximate surface area is 117 Å². The number of rotatable bonds is 2. The zero-order valence-corrected chi connectivity index (χ0v) is 12.4. The van der Waals surface area contributed by atoms with E-state index in [0.717, 1.165) is 22.3 Å². The van der Waals surface area contributed by atoms with Crippen molar-refractivity contribution in [2.75, 3.05) is 7.05 Å². The monoisotopic (exact) mass is 309 g/mol. The normalized spacial score (nSPS) is 32.2. The minimum Gasteiger partial charge on any atom is -0.490 e. The van der Waals surface area contributed by atoms with E-state index in [4.69, 9.17) is 4.74 Å². The molecule has 3 atom stereocenters. The summed E-state index contributed by atoms with van der Waals surface area (Å²) in [7, 11) is 2.28. The van der Waals surface area contributed by atoms with Crippen molar-refractivity contribution in [1.82, 2.24) is 4.90 Å². The number of piperidine rings is 2. The molecule has 3 heteroatoms. The minimum absolute atomic E-state index is 0.394. The first-order valence-corrected chi connectivity index (χ1v) is 7.66. The van der Waals surface area contributed by atoms with Crippen LogP contribution in [0.15, 0.2) is 28.7 Å². The maximum Gasteiger partial charge on any atom is 0.120 e. The highest BCUT2D eigenvalue weighted by Crippen LogP contribution is 2.34. The number of benzene rings is 1. The van der Waals surface area contributed by atoms with Gasteiger partial charge in [0.2, 0.25) is 0 Å². The second-order valence-corrected chi connectivity index (χ2v) is 6.49. The molecule has 1 aromatic carbocycles. The highest BCUT2D eigenvalue weighted by molar-refractivity contribution is 9.10. The Morgan fingerprint density at radius 2 is 1.94 bits per heavy atom. The van der Waals surface area contributed by atoms with Gasteiger partial charge < -0.3 is 9.64 Å². The summed E-state index contributed by atoms with van der Waals surface area (Å²) in [6.45, 7) is 0. The second-order valence-electron chi connectivity index (χ2n) is 5.57. The molecule has 2 fully saturated rings. The summed E-state index contributed by atoms with van der Waals surface area (Å²) >= 11 is 3.50. The molecule has 0 aromatic heterocycles. The lowest BCUT2D eigenvalue weighted by atomic mass is 9.83. The molecule has 0 amide bonds. The second kappa shape index (κ2) is 5.22. The van der Waals surface area contributed by atoms with E-state index in [1.165, 1.54) is 32.1 Å². The zero-order chi connectivity index (χ0) is 12.5. The first kappa shape index (κ1) is 12.5. The van der Waals surface area contributed by atoms with Crippen molar-refractivity contribution in [3.63, 3.8) is 0 Å². The molecule has 0 aliphatic carbocycles. The van der Waals surface area contributed by atoms with E-state index in [-0.39, 0.29) is 0 Å². The molecule has 18 heavy (non-hydrogen) atoms. The van der Waals surface area contributed by atoms with Crippen LogP contribution in [-0.4, -0.2) is 30.1 Å². The van der Waals surface area contributed by atoms with Crippen LogP contribution in [0.5, 0.6) is 5.75 Å². The van der Waals surface area contributed by atoms with E-state index in [1.807, 2.05) is 12.1 Å². The first-order valence-electron chi connectivity index (χ1n) is 6.86. The van der Waals surface area contributed by atoms with Crippen LogP contribution in [0.4, 0.5) is 0 Å². The zero-order valence-electron chi connectivity index (χ0n) is 10.8. The molecule has 2 aliphatic rings.